The van der Waals surface area contributed by atoms with Gasteiger partial charge < -0.3 is 4.98 Å². The number of H-pyrrole nitrogens is 1. The SMILES string of the molecule is Cc1c(C=O)sc2nc(C(C)(C)C)[nH]c(=O)c12. The molecular formula is C12H14N2O2S. The molecule has 0 amide bonds. The highest BCUT2D eigenvalue weighted by Gasteiger charge is 2.20. The van der Waals surface area contributed by atoms with E-state index in [0.717, 1.165) is 6.29 Å². The van der Waals surface area contributed by atoms with Gasteiger partial charge in [-0.25, -0.2) is 4.98 Å². The van der Waals surface area contributed by atoms with Gasteiger partial charge in [-0.15, -0.1) is 11.3 Å². The van der Waals surface area contributed by atoms with Gasteiger partial charge in [0.05, 0.1) is 10.3 Å². The van der Waals surface area contributed by atoms with Crippen molar-refractivity contribution >= 4 is 27.8 Å². The van der Waals surface area contributed by atoms with Gasteiger partial charge in [-0.3, -0.25) is 9.59 Å². The lowest BCUT2D eigenvalue weighted by Gasteiger charge is -2.16. The number of thiophene rings is 1. The molecule has 17 heavy (non-hydrogen) atoms. The molecule has 0 aromatic carbocycles. The molecule has 1 N–H and O–H groups in total. The first-order valence-electron chi connectivity index (χ1n) is 5.33. The van der Waals surface area contributed by atoms with Crippen molar-refractivity contribution in [2.24, 2.45) is 0 Å². The number of carbonyl (C=O) groups excluding carboxylic acids is 1. The number of rotatable bonds is 1. The van der Waals surface area contributed by atoms with Crippen molar-refractivity contribution in [3.8, 4) is 0 Å². The van der Waals surface area contributed by atoms with Gasteiger partial charge in [0.1, 0.15) is 10.7 Å². The first kappa shape index (κ1) is 12.0. The van der Waals surface area contributed by atoms with Crippen LogP contribution in [0, 0.1) is 6.92 Å². The minimum Gasteiger partial charge on any atom is -0.309 e. The van der Waals surface area contributed by atoms with Crippen LogP contribution >= 0.6 is 11.3 Å². The van der Waals surface area contributed by atoms with Gasteiger partial charge in [-0.05, 0) is 12.5 Å². The molecular weight excluding hydrogens is 236 g/mol. The molecule has 4 nitrogen and oxygen atoms in total. The van der Waals surface area contributed by atoms with Crippen molar-refractivity contribution in [3.63, 3.8) is 0 Å². The van der Waals surface area contributed by atoms with Crippen molar-refractivity contribution < 1.29 is 4.79 Å². The van der Waals surface area contributed by atoms with Crippen molar-refractivity contribution in [1.82, 2.24) is 9.97 Å². The van der Waals surface area contributed by atoms with E-state index in [-0.39, 0.29) is 11.0 Å². The Labute approximate surface area is 103 Å². The lowest BCUT2D eigenvalue weighted by Crippen LogP contribution is -2.21. The van der Waals surface area contributed by atoms with E-state index >= 15 is 0 Å². The lowest BCUT2D eigenvalue weighted by atomic mass is 9.96. The Morgan fingerprint density at radius 2 is 2.00 bits per heavy atom. The third-order valence-corrected chi connectivity index (χ3v) is 3.77. The molecule has 90 valence electrons. The van der Waals surface area contributed by atoms with E-state index in [2.05, 4.69) is 9.97 Å². The van der Waals surface area contributed by atoms with E-state index in [4.69, 9.17) is 0 Å². The molecule has 0 aliphatic heterocycles. The van der Waals surface area contributed by atoms with Gasteiger partial charge in [-0.1, -0.05) is 20.8 Å². The Balaban J connectivity index is 2.85. The maximum absolute atomic E-state index is 12.0. The highest BCUT2D eigenvalue weighted by Crippen LogP contribution is 2.27. The molecule has 2 aromatic heterocycles. The van der Waals surface area contributed by atoms with Crippen LogP contribution in [0.25, 0.3) is 10.2 Å². The zero-order valence-corrected chi connectivity index (χ0v) is 11.1. The third kappa shape index (κ3) is 1.91. The molecule has 0 aliphatic rings. The van der Waals surface area contributed by atoms with E-state index in [1.54, 1.807) is 6.92 Å². The molecule has 0 fully saturated rings. The van der Waals surface area contributed by atoms with Gasteiger partial charge >= 0.3 is 0 Å². The summed E-state index contributed by atoms with van der Waals surface area (Å²) in [6, 6.07) is 0. The predicted molar refractivity (Wildman–Crippen MR) is 69.1 cm³/mol. The van der Waals surface area contributed by atoms with E-state index in [1.807, 2.05) is 20.8 Å². The number of carbonyl (C=O) groups is 1. The molecule has 2 heterocycles. The fourth-order valence-corrected chi connectivity index (χ4v) is 2.63. The first-order valence-corrected chi connectivity index (χ1v) is 6.15. The van der Waals surface area contributed by atoms with Crippen molar-refractivity contribution in [2.45, 2.75) is 33.1 Å². The number of aromatic amines is 1. The van der Waals surface area contributed by atoms with Gasteiger partial charge in [0.25, 0.3) is 5.56 Å². The summed E-state index contributed by atoms with van der Waals surface area (Å²) < 4.78 is 0. The van der Waals surface area contributed by atoms with Crippen molar-refractivity contribution in [1.29, 1.82) is 0 Å². The summed E-state index contributed by atoms with van der Waals surface area (Å²) in [7, 11) is 0. The minimum absolute atomic E-state index is 0.165. The second kappa shape index (κ2) is 3.77. The second-order valence-electron chi connectivity index (χ2n) is 5.05. The molecule has 0 unspecified atom stereocenters. The fraction of sp³-hybridized carbons (Fsp3) is 0.417. The van der Waals surface area contributed by atoms with Crippen LogP contribution in [0.5, 0.6) is 0 Å². The number of fused-ring (bicyclic) bond motifs is 1. The summed E-state index contributed by atoms with van der Waals surface area (Å²) in [4.78, 5) is 31.3. The van der Waals surface area contributed by atoms with Crippen LogP contribution < -0.4 is 5.56 Å². The Morgan fingerprint density at radius 1 is 1.35 bits per heavy atom. The molecule has 0 saturated heterocycles. The average molecular weight is 250 g/mol. The van der Waals surface area contributed by atoms with E-state index < -0.39 is 0 Å². The van der Waals surface area contributed by atoms with Crippen LogP contribution in [0.3, 0.4) is 0 Å². The number of aldehydes is 1. The summed E-state index contributed by atoms with van der Waals surface area (Å²) in [5.74, 6) is 0.647. The Morgan fingerprint density at radius 3 is 2.53 bits per heavy atom. The van der Waals surface area contributed by atoms with Crippen molar-refractivity contribution in [3.05, 3.63) is 26.6 Å². The summed E-state index contributed by atoms with van der Waals surface area (Å²) >= 11 is 1.27. The smallest absolute Gasteiger partial charge is 0.259 e. The molecule has 2 aromatic rings. The van der Waals surface area contributed by atoms with Crippen LogP contribution in [0.1, 0.15) is 41.8 Å². The fourth-order valence-electron chi connectivity index (χ4n) is 1.63. The lowest BCUT2D eigenvalue weighted by molar-refractivity contribution is 0.112. The Bertz CT molecular complexity index is 647. The number of nitrogens with zero attached hydrogens (tertiary/aromatic N) is 1. The normalized spacial score (nSPS) is 12.0. The molecule has 2 rings (SSSR count). The number of hydrogen-bond donors (Lipinski definition) is 1. The number of hydrogen-bond acceptors (Lipinski definition) is 4. The van der Waals surface area contributed by atoms with Gasteiger partial charge in [0, 0.05) is 5.41 Å². The predicted octanol–water partition coefficient (Wildman–Crippen LogP) is 2.40. The van der Waals surface area contributed by atoms with Crippen LogP contribution in [-0.2, 0) is 5.41 Å². The number of aryl methyl sites for hydroxylation is 1. The Hall–Kier alpha value is -1.49. The van der Waals surface area contributed by atoms with Crippen LogP contribution in [-0.4, -0.2) is 16.3 Å². The Kier molecular flexibility index (Phi) is 2.66. The quantitative estimate of drug-likeness (QED) is 0.790. The zero-order valence-electron chi connectivity index (χ0n) is 10.2. The largest absolute Gasteiger partial charge is 0.309 e. The van der Waals surface area contributed by atoms with E-state index in [1.165, 1.54) is 11.3 Å². The van der Waals surface area contributed by atoms with Gasteiger partial charge in [0.2, 0.25) is 0 Å². The average Bonchev–Trinajstić information content (AvgIpc) is 2.54. The van der Waals surface area contributed by atoms with E-state index in [9.17, 15) is 9.59 Å². The third-order valence-electron chi connectivity index (χ3n) is 2.65. The highest BCUT2D eigenvalue weighted by molar-refractivity contribution is 7.20. The molecule has 0 atom stereocenters. The van der Waals surface area contributed by atoms with Gasteiger partial charge in [-0.2, -0.15) is 0 Å². The topological polar surface area (TPSA) is 62.8 Å². The maximum Gasteiger partial charge on any atom is 0.259 e. The summed E-state index contributed by atoms with van der Waals surface area (Å²) in [6.45, 7) is 7.73. The van der Waals surface area contributed by atoms with E-state index in [0.29, 0.717) is 26.5 Å². The van der Waals surface area contributed by atoms with Crippen LogP contribution in [0.4, 0.5) is 0 Å². The number of aromatic nitrogens is 2. The molecule has 0 spiro atoms. The zero-order chi connectivity index (χ0) is 12.8. The monoisotopic (exact) mass is 250 g/mol. The molecule has 0 radical (unpaired) electrons. The number of nitrogens with one attached hydrogen (secondary N) is 1. The second-order valence-corrected chi connectivity index (χ2v) is 6.08. The van der Waals surface area contributed by atoms with Gasteiger partial charge in [0.15, 0.2) is 6.29 Å². The van der Waals surface area contributed by atoms with Crippen molar-refractivity contribution in [2.75, 3.05) is 0 Å². The van der Waals surface area contributed by atoms with Crippen LogP contribution in [0.15, 0.2) is 4.79 Å². The van der Waals surface area contributed by atoms with Crippen LogP contribution in [0.2, 0.25) is 0 Å². The first-order chi connectivity index (χ1) is 7.84. The highest BCUT2D eigenvalue weighted by atomic mass is 32.1. The summed E-state index contributed by atoms with van der Waals surface area (Å²) in [5.41, 5.74) is 0.336. The molecule has 0 saturated carbocycles. The summed E-state index contributed by atoms with van der Waals surface area (Å²) in [6.07, 6.45) is 0.776. The minimum atomic E-state index is -0.216. The maximum atomic E-state index is 12.0. The standard InChI is InChI=1S/C12H14N2O2S/c1-6-7(5-15)17-10-8(6)9(16)13-11(14-10)12(2,3)4/h5H,1-4H3,(H,13,14,16). The molecule has 5 heteroatoms. The molecule has 0 bridgehead atoms. The summed E-state index contributed by atoms with van der Waals surface area (Å²) in [5, 5.41) is 0.533. The molecule has 0 aliphatic carbocycles.